The van der Waals surface area contributed by atoms with E-state index in [9.17, 15) is 24.2 Å². The lowest BCUT2D eigenvalue weighted by Gasteiger charge is -2.30. The molecule has 0 saturated heterocycles. The number of amides is 2. The molecule has 15 nitrogen and oxygen atoms in total. The maximum atomic E-state index is 14.3. The van der Waals surface area contributed by atoms with Crippen LogP contribution in [0.25, 0.3) is 44.9 Å². The topological polar surface area (TPSA) is 214 Å². The first-order chi connectivity index (χ1) is 27.7. The van der Waals surface area contributed by atoms with Crippen LogP contribution in [0.2, 0.25) is 0 Å². The second-order valence-electron chi connectivity index (χ2n) is 15.9. The van der Waals surface area contributed by atoms with Gasteiger partial charge in [-0.1, -0.05) is 58.0 Å². The molecule has 58 heavy (non-hydrogen) atoms. The first kappa shape index (κ1) is 36.5. The van der Waals surface area contributed by atoms with Crippen molar-refractivity contribution in [1.29, 1.82) is 0 Å². The van der Waals surface area contributed by atoms with Gasteiger partial charge in [0.15, 0.2) is 29.2 Å². The average molecular weight is 805 g/mol. The minimum atomic E-state index is -3.94. The van der Waals surface area contributed by atoms with Gasteiger partial charge in [0.2, 0.25) is 17.7 Å². The first-order valence-corrected chi connectivity index (χ1v) is 21.4. The highest BCUT2D eigenvalue weighted by Crippen LogP contribution is 2.62. The molecule has 3 aromatic heterocycles. The number of para-hydroxylation sites is 1. The normalized spacial score (nSPS) is 22.2. The van der Waals surface area contributed by atoms with Gasteiger partial charge in [-0.25, -0.2) is 14.5 Å². The lowest BCUT2D eigenvalue weighted by molar-refractivity contribution is -0.143. The molecule has 298 valence electrons. The summed E-state index contributed by atoms with van der Waals surface area (Å²) >= 11 is 0. The molecular formula is C42H41N6O9P. The number of hydrogen-bond donors (Lipinski definition) is 6. The van der Waals surface area contributed by atoms with Gasteiger partial charge in [0, 0.05) is 52.6 Å². The molecule has 4 aliphatic rings. The van der Waals surface area contributed by atoms with Crippen LogP contribution in [0.15, 0.2) is 69.8 Å². The van der Waals surface area contributed by atoms with Crippen molar-refractivity contribution in [2.75, 3.05) is 12.0 Å². The molecule has 7 heterocycles. The van der Waals surface area contributed by atoms with E-state index in [1.165, 1.54) is 0 Å². The number of aromatic amines is 1. The average Bonchev–Trinajstić information content (AvgIpc) is 4.02. The van der Waals surface area contributed by atoms with Crippen LogP contribution in [0.5, 0.6) is 11.5 Å². The van der Waals surface area contributed by atoms with Gasteiger partial charge in [-0.05, 0) is 48.1 Å². The minimum absolute atomic E-state index is 0.115. The molecular weight excluding hydrogens is 763 g/mol. The van der Waals surface area contributed by atoms with E-state index >= 15 is 0 Å². The summed E-state index contributed by atoms with van der Waals surface area (Å²) in [5, 5.41) is 21.5. The van der Waals surface area contributed by atoms with Crippen molar-refractivity contribution in [3.8, 4) is 45.5 Å². The number of oxazole rings is 2. The number of rotatable bonds is 7. The Morgan fingerprint density at radius 2 is 1.90 bits per heavy atom. The molecule has 5 unspecified atom stereocenters. The Morgan fingerprint density at radius 1 is 1.09 bits per heavy atom. The van der Waals surface area contributed by atoms with Crippen molar-refractivity contribution in [2.24, 2.45) is 5.92 Å². The third-order valence-electron chi connectivity index (χ3n) is 12.1. The SMILES string of the molecule is CCC(O)(CC)C(=O)NC1Cc2ccc3c(c2)C24c5cccc(c5NC2O3)-c2ccc(OP(C)(=O)O)c3[nH]cc(c23)-c2cnc(o2)-c2nc(oc24)C(C(C)C)NC1=O. The number of hydrogen-bond acceptors (Lipinski definition) is 11. The van der Waals surface area contributed by atoms with Gasteiger partial charge in [-0.15, -0.1) is 0 Å². The number of ether oxygens (including phenoxy) is 1. The van der Waals surface area contributed by atoms with Gasteiger partial charge in [-0.3, -0.25) is 9.59 Å². The Morgan fingerprint density at radius 3 is 2.66 bits per heavy atom. The Kier molecular flexibility index (Phi) is 7.89. The second kappa shape index (κ2) is 12.6. The molecule has 10 bridgehead atoms. The van der Waals surface area contributed by atoms with Crippen molar-refractivity contribution in [3.05, 3.63) is 89.3 Å². The summed E-state index contributed by atoms with van der Waals surface area (Å²) in [6.07, 6.45) is 3.06. The summed E-state index contributed by atoms with van der Waals surface area (Å²) in [6.45, 7) is 8.47. The monoisotopic (exact) mass is 804 g/mol. The largest absolute Gasteiger partial charge is 0.469 e. The number of carbonyl (C=O) groups is 2. The van der Waals surface area contributed by atoms with Crippen LogP contribution in [0.3, 0.4) is 0 Å². The Labute approximate surface area is 332 Å². The molecule has 0 aliphatic carbocycles. The molecule has 0 radical (unpaired) electrons. The quantitative estimate of drug-likeness (QED) is 0.0950. The highest BCUT2D eigenvalue weighted by molar-refractivity contribution is 7.52. The number of benzene rings is 3. The van der Waals surface area contributed by atoms with Crippen molar-refractivity contribution < 1.29 is 42.2 Å². The van der Waals surface area contributed by atoms with Crippen LogP contribution >= 0.6 is 7.60 Å². The lowest BCUT2D eigenvalue weighted by atomic mass is 9.72. The van der Waals surface area contributed by atoms with Crippen LogP contribution in [0.4, 0.5) is 5.69 Å². The number of carbonyl (C=O) groups excluding carboxylic acids is 2. The van der Waals surface area contributed by atoms with E-state index in [0.29, 0.717) is 39.4 Å². The van der Waals surface area contributed by atoms with E-state index in [1.807, 2.05) is 56.3 Å². The fourth-order valence-corrected chi connectivity index (χ4v) is 9.54. The zero-order chi connectivity index (χ0) is 40.5. The second-order valence-corrected chi connectivity index (χ2v) is 17.7. The van der Waals surface area contributed by atoms with Crippen molar-refractivity contribution >= 4 is 36.0 Å². The molecule has 6 N–H and O–H groups in total. The number of anilines is 1. The van der Waals surface area contributed by atoms with Crippen LogP contribution in [0, 0.1) is 5.92 Å². The third-order valence-corrected chi connectivity index (χ3v) is 12.6. The highest BCUT2D eigenvalue weighted by atomic mass is 31.2. The molecule has 6 aromatic rings. The van der Waals surface area contributed by atoms with Crippen LogP contribution in [-0.4, -0.2) is 61.3 Å². The summed E-state index contributed by atoms with van der Waals surface area (Å²) in [4.78, 5) is 51.2. The lowest BCUT2D eigenvalue weighted by Crippen LogP contribution is -2.55. The molecule has 4 aliphatic heterocycles. The molecule has 5 atom stereocenters. The standard InChI is InChI=1S/C42H41N6O9P/c1-6-41(51,7-2)39(50)45-26-16-20-11-13-27-25(15-20)42-24-10-8-9-22(32(24)48-40(42)55-27)21-12-14-28(57-58(5,52)53)33-30(21)23(17-43-33)29-18-44-37(54-29)34-35(42)56-38(47-34)31(19(3)4)46-36(26)49/h8-15,17-19,26,31,40,43,48,51H,6-7,16H2,1-5H3,(H,45,50)(H,46,49)(H,52,53). The molecule has 0 fully saturated rings. The Hall–Kier alpha value is -5.89. The highest BCUT2D eigenvalue weighted by Gasteiger charge is 2.61. The number of H-pyrrole nitrogens is 1. The van der Waals surface area contributed by atoms with E-state index in [2.05, 4.69) is 20.9 Å². The smallest absolute Gasteiger partial charge is 0.373 e. The number of aromatic nitrogens is 3. The number of fused-ring (bicyclic) bond motifs is 7. The first-order valence-electron chi connectivity index (χ1n) is 19.4. The van der Waals surface area contributed by atoms with Gasteiger partial charge in [0.05, 0.1) is 11.7 Å². The zero-order valence-electron chi connectivity index (χ0n) is 32.3. The summed E-state index contributed by atoms with van der Waals surface area (Å²) < 4.78 is 38.5. The van der Waals surface area contributed by atoms with E-state index in [0.717, 1.165) is 40.2 Å². The molecule has 0 saturated carbocycles. The predicted molar refractivity (Wildman–Crippen MR) is 212 cm³/mol. The van der Waals surface area contributed by atoms with Gasteiger partial charge < -0.3 is 49.0 Å². The fourth-order valence-electron chi connectivity index (χ4n) is 9.02. The van der Waals surface area contributed by atoms with Crippen LogP contribution in [-0.2, 0) is 26.0 Å². The maximum Gasteiger partial charge on any atom is 0.373 e. The van der Waals surface area contributed by atoms with Crippen molar-refractivity contribution in [3.63, 3.8) is 0 Å². The number of aliphatic hydroxyl groups is 1. The minimum Gasteiger partial charge on any atom is -0.469 e. The maximum absolute atomic E-state index is 14.3. The van der Waals surface area contributed by atoms with Gasteiger partial charge >= 0.3 is 7.60 Å². The Balaban J connectivity index is 1.26. The molecule has 3 aromatic carbocycles. The summed E-state index contributed by atoms with van der Waals surface area (Å²) in [6, 6.07) is 13.4. The van der Waals surface area contributed by atoms with Gasteiger partial charge in [-0.2, -0.15) is 0 Å². The summed E-state index contributed by atoms with van der Waals surface area (Å²) in [5.41, 5.74) is 3.27. The molecule has 16 heteroatoms. The summed E-state index contributed by atoms with van der Waals surface area (Å²) in [5.74, 6) is 0.626. The molecule has 2 amide bonds. The number of nitrogens with zero attached hydrogens (tertiary/aromatic N) is 2. The third kappa shape index (κ3) is 5.16. The van der Waals surface area contributed by atoms with Crippen molar-refractivity contribution in [2.45, 2.75) is 76.3 Å². The van der Waals surface area contributed by atoms with Crippen LogP contribution in [0.1, 0.15) is 74.9 Å². The predicted octanol–water partition coefficient (Wildman–Crippen LogP) is 6.54. The fraction of sp³-hybridized carbons (Fsp3) is 0.333. The molecule has 10 rings (SSSR count). The van der Waals surface area contributed by atoms with Gasteiger partial charge in [0.1, 0.15) is 28.8 Å². The van der Waals surface area contributed by atoms with Crippen LogP contribution < -0.4 is 25.2 Å². The van der Waals surface area contributed by atoms with E-state index < -0.39 is 48.7 Å². The Bertz CT molecular complexity index is 2760. The number of nitrogens with one attached hydrogen (secondary N) is 4. The molecule has 1 spiro atoms. The van der Waals surface area contributed by atoms with E-state index in [-0.39, 0.29) is 42.7 Å². The van der Waals surface area contributed by atoms with E-state index in [1.54, 1.807) is 32.3 Å². The zero-order valence-corrected chi connectivity index (χ0v) is 33.2. The van der Waals surface area contributed by atoms with Gasteiger partial charge in [0.25, 0.3) is 5.91 Å². The van der Waals surface area contributed by atoms with E-state index in [4.69, 9.17) is 28.1 Å². The van der Waals surface area contributed by atoms with Crippen molar-refractivity contribution in [1.82, 2.24) is 25.6 Å². The summed E-state index contributed by atoms with van der Waals surface area (Å²) in [7, 11) is -3.94.